The third-order valence-corrected chi connectivity index (χ3v) is 6.06. The Hall–Kier alpha value is -3.48. The van der Waals surface area contributed by atoms with Crippen molar-refractivity contribution in [2.24, 2.45) is 4.99 Å². The zero-order valence-electron chi connectivity index (χ0n) is 20.1. The van der Waals surface area contributed by atoms with Gasteiger partial charge in [-0.05, 0) is 63.7 Å². The predicted octanol–water partition coefficient (Wildman–Crippen LogP) is 5.06. The number of hydrogen-bond donors (Lipinski definition) is 2. The van der Waals surface area contributed by atoms with Gasteiger partial charge in [-0.25, -0.2) is 9.98 Å². The Morgan fingerprint density at radius 1 is 1.11 bits per heavy atom. The lowest BCUT2D eigenvalue weighted by Gasteiger charge is -2.20. The maximum absolute atomic E-state index is 13.6. The number of hydrogen-bond acceptors (Lipinski definition) is 6. The van der Waals surface area contributed by atoms with E-state index in [4.69, 9.17) is 0 Å². The maximum atomic E-state index is 13.6. The van der Waals surface area contributed by atoms with Gasteiger partial charge in [-0.15, -0.1) is 0 Å². The molecule has 1 aromatic rings. The van der Waals surface area contributed by atoms with Crippen LogP contribution in [0, 0.1) is 4.91 Å². The van der Waals surface area contributed by atoms with E-state index in [0.717, 1.165) is 12.6 Å². The van der Waals surface area contributed by atoms with Crippen molar-refractivity contribution < 1.29 is 31.1 Å². The molecule has 2 N–H and O–H groups in total. The Bertz CT molecular complexity index is 1250. The highest BCUT2D eigenvalue weighted by atomic mass is 19.4. The Kier molecular flexibility index (Phi) is 7.27. The number of halogens is 6. The summed E-state index contributed by atoms with van der Waals surface area (Å²) in [4.78, 5) is 22.3. The van der Waals surface area contributed by atoms with E-state index in [-0.39, 0.29) is 48.0 Å². The summed E-state index contributed by atoms with van der Waals surface area (Å²) in [6, 6.07) is 1.36. The van der Waals surface area contributed by atoms with Gasteiger partial charge < -0.3 is 15.5 Å². The van der Waals surface area contributed by atoms with Crippen molar-refractivity contribution >= 4 is 11.6 Å². The second-order valence-electron chi connectivity index (χ2n) is 9.19. The molecule has 0 radical (unpaired) electrons. The lowest BCUT2D eigenvalue weighted by atomic mass is 9.95. The number of allylic oxidation sites excluding steroid dienone is 5. The predicted molar refractivity (Wildman–Crippen MR) is 125 cm³/mol. The second kappa shape index (κ2) is 10.1. The van der Waals surface area contributed by atoms with Crippen molar-refractivity contribution in [3.63, 3.8) is 0 Å². The molecule has 198 valence electrons. The molecule has 0 saturated heterocycles. The summed E-state index contributed by atoms with van der Waals surface area (Å²) < 4.78 is 81.3. The quantitative estimate of drug-likeness (QED) is 0.414. The van der Waals surface area contributed by atoms with Crippen LogP contribution in [0.2, 0.25) is 0 Å². The number of pyridine rings is 1. The molecular formula is C24H25F6N6O+. The van der Waals surface area contributed by atoms with Crippen LogP contribution in [0.5, 0.6) is 0 Å². The van der Waals surface area contributed by atoms with E-state index >= 15 is 0 Å². The van der Waals surface area contributed by atoms with Crippen LogP contribution in [0.25, 0.3) is 0 Å². The van der Waals surface area contributed by atoms with Crippen molar-refractivity contribution in [2.75, 3.05) is 32.5 Å². The summed E-state index contributed by atoms with van der Waals surface area (Å²) in [5, 5.41) is 5.45. The van der Waals surface area contributed by atoms with E-state index in [1.807, 2.05) is 19.0 Å². The average molecular weight is 527 g/mol. The van der Waals surface area contributed by atoms with Gasteiger partial charge in [0.1, 0.15) is 0 Å². The molecule has 0 bridgehead atoms. The smallest absolute Gasteiger partial charge is 0.325 e. The molecule has 1 aromatic heterocycles. The van der Waals surface area contributed by atoms with Crippen LogP contribution in [0.15, 0.2) is 63.7 Å². The van der Waals surface area contributed by atoms with Crippen molar-refractivity contribution in [2.45, 2.75) is 38.0 Å². The third kappa shape index (κ3) is 6.27. The number of fused-ring (bicyclic) bond motifs is 1. The Morgan fingerprint density at radius 3 is 2.54 bits per heavy atom. The molecule has 0 unspecified atom stereocenters. The van der Waals surface area contributed by atoms with Crippen LogP contribution in [-0.4, -0.2) is 54.0 Å². The van der Waals surface area contributed by atoms with Gasteiger partial charge in [0.2, 0.25) is 18.2 Å². The van der Waals surface area contributed by atoms with E-state index in [2.05, 4.69) is 20.6 Å². The molecule has 0 amide bonds. The third-order valence-electron chi connectivity index (χ3n) is 6.06. The average Bonchev–Trinajstić information content (AvgIpc) is 2.92. The largest absolute Gasteiger partial charge is 0.435 e. The first-order chi connectivity index (χ1) is 17.3. The molecule has 13 heteroatoms. The standard InChI is InChI=1S/C24H25F6N6O/c1-35(2)7-3-4-14-8-19(21(31-11-14)24(28,29)30)34-22-32-12-16-13-36(37)20-6-5-17(23(25,26)27)9-15(20)10-18(16)33-22/h8-12H,3-7,13H2,1-2H3,(H2,32,33,34)/q+1. The van der Waals surface area contributed by atoms with E-state index in [1.54, 1.807) is 0 Å². The van der Waals surface area contributed by atoms with Gasteiger partial charge in [-0.2, -0.15) is 26.3 Å². The van der Waals surface area contributed by atoms with Gasteiger partial charge in [0.15, 0.2) is 5.69 Å². The zero-order chi connectivity index (χ0) is 27.0. The number of nitrogens with one attached hydrogen (secondary N) is 2. The number of nitroso groups, excluding NO2 is 1. The fraction of sp³-hybridized carbons (Fsp3) is 0.417. The van der Waals surface area contributed by atoms with Gasteiger partial charge in [0, 0.05) is 39.6 Å². The molecule has 0 atom stereocenters. The number of guanidine groups is 1. The first kappa shape index (κ1) is 26.6. The molecule has 0 saturated carbocycles. The first-order valence-electron chi connectivity index (χ1n) is 11.5. The number of aryl methyl sites for hydroxylation is 1. The van der Waals surface area contributed by atoms with Gasteiger partial charge in [0.05, 0.1) is 17.0 Å². The van der Waals surface area contributed by atoms with E-state index in [0.29, 0.717) is 28.7 Å². The highest BCUT2D eigenvalue weighted by molar-refractivity contribution is 5.97. The molecule has 7 nitrogen and oxygen atoms in total. The van der Waals surface area contributed by atoms with E-state index in [1.165, 1.54) is 24.5 Å². The summed E-state index contributed by atoms with van der Waals surface area (Å²) in [6.45, 7) is 0.583. The summed E-state index contributed by atoms with van der Waals surface area (Å²) in [6.07, 6.45) is -3.59. The lowest BCUT2D eigenvalue weighted by molar-refractivity contribution is -0.493. The van der Waals surface area contributed by atoms with Gasteiger partial charge >= 0.3 is 12.4 Å². The molecule has 3 aliphatic rings. The normalized spacial score (nSPS) is 18.2. The molecule has 0 spiro atoms. The van der Waals surface area contributed by atoms with Gasteiger partial charge in [-0.3, -0.25) is 0 Å². The summed E-state index contributed by atoms with van der Waals surface area (Å²) in [5.41, 5.74) is -0.619. The number of alkyl halides is 6. The van der Waals surface area contributed by atoms with Crippen LogP contribution in [0.3, 0.4) is 0 Å². The van der Waals surface area contributed by atoms with Crippen molar-refractivity contribution in [3.05, 3.63) is 74.9 Å². The SMILES string of the molecule is CN(C)CCCc1cnc(C(F)(F)F)c(NC2=NC=C3C[N+](=O)C4=C(C=C3N2)C=C(C(F)(F)F)CC4)c1. The first-order valence-corrected chi connectivity index (χ1v) is 11.5. The second-order valence-corrected chi connectivity index (χ2v) is 9.19. The van der Waals surface area contributed by atoms with Crippen LogP contribution in [0.4, 0.5) is 32.0 Å². The Labute approximate surface area is 208 Å². The monoisotopic (exact) mass is 527 g/mol. The minimum atomic E-state index is -4.73. The summed E-state index contributed by atoms with van der Waals surface area (Å²) >= 11 is 0. The zero-order valence-corrected chi connectivity index (χ0v) is 20.1. The molecule has 4 rings (SSSR count). The van der Waals surface area contributed by atoms with Crippen LogP contribution in [-0.2, 0) is 12.6 Å². The minimum Gasteiger partial charge on any atom is -0.325 e. The Morgan fingerprint density at radius 2 is 1.86 bits per heavy atom. The lowest BCUT2D eigenvalue weighted by Crippen LogP contribution is -2.34. The number of aromatic nitrogens is 1. The fourth-order valence-corrected chi connectivity index (χ4v) is 4.23. The summed E-state index contributed by atoms with van der Waals surface area (Å²) in [5.74, 6) is -0.0786. The molecule has 1 aliphatic carbocycles. The Balaban J connectivity index is 1.62. The molecule has 0 aromatic carbocycles. The van der Waals surface area contributed by atoms with Gasteiger partial charge in [0.25, 0.3) is 0 Å². The molecular weight excluding hydrogens is 502 g/mol. The summed E-state index contributed by atoms with van der Waals surface area (Å²) in [7, 11) is 3.79. The highest BCUT2D eigenvalue weighted by Crippen LogP contribution is 2.38. The van der Waals surface area contributed by atoms with E-state index < -0.39 is 23.6 Å². The van der Waals surface area contributed by atoms with Crippen LogP contribution < -0.4 is 10.6 Å². The van der Waals surface area contributed by atoms with Crippen molar-refractivity contribution in [1.82, 2.24) is 15.2 Å². The molecule has 3 heterocycles. The molecule has 0 fully saturated rings. The molecule has 37 heavy (non-hydrogen) atoms. The highest BCUT2D eigenvalue weighted by Gasteiger charge is 2.40. The van der Waals surface area contributed by atoms with Crippen molar-refractivity contribution in [1.29, 1.82) is 0 Å². The maximum Gasteiger partial charge on any atom is 0.435 e. The van der Waals surface area contributed by atoms with Gasteiger partial charge in [-0.1, -0.05) is 0 Å². The van der Waals surface area contributed by atoms with Crippen molar-refractivity contribution in [3.8, 4) is 0 Å². The number of rotatable bonds is 5. The van der Waals surface area contributed by atoms with E-state index in [9.17, 15) is 31.2 Å². The van der Waals surface area contributed by atoms with Crippen LogP contribution >= 0.6 is 0 Å². The number of aliphatic imine (C=N–C) groups is 1. The fourth-order valence-electron chi connectivity index (χ4n) is 4.23. The number of nitrogens with zero attached hydrogens (tertiary/aromatic N) is 4. The number of anilines is 1. The topological polar surface area (TPSA) is 72.6 Å². The minimum absolute atomic E-state index is 0.0750. The molecule has 2 aliphatic heterocycles. The van der Waals surface area contributed by atoms with Crippen LogP contribution in [0.1, 0.15) is 30.5 Å².